The van der Waals surface area contributed by atoms with Crippen molar-refractivity contribution in [3.8, 4) is 0 Å². The molecule has 2 aliphatic rings. The number of rotatable bonds is 3. The van der Waals surface area contributed by atoms with Crippen molar-refractivity contribution in [3.05, 3.63) is 42.7 Å². The summed E-state index contributed by atoms with van der Waals surface area (Å²) < 4.78 is 0. The third kappa shape index (κ3) is 2.72. The molecule has 2 aliphatic heterocycles. The number of piperidine rings is 1. The first-order valence-electron chi connectivity index (χ1n) is 7.80. The van der Waals surface area contributed by atoms with Crippen LogP contribution in [0.3, 0.4) is 0 Å². The van der Waals surface area contributed by atoms with E-state index in [0.29, 0.717) is 0 Å². The number of likely N-dealkylation sites (tertiary alicyclic amines) is 2. The Kier molecular flexibility index (Phi) is 4.06. The normalized spacial score (nSPS) is 26.2. The highest BCUT2D eigenvalue weighted by molar-refractivity contribution is 5.94. The number of hydrogen-bond donors (Lipinski definition) is 0. The van der Waals surface area contributed by atoms with Crippen molar-refractivity contribution in [2.75, 3.05) is 26.2 Å². The number of pyridine rings is 1. The van der Waals surface area contributed by atoms with Crippen LogP contribution in [0.25, 0.3) is 0 Å². The first-order chi connectivity index (χ1) is 10.2. The van der Waals surface area contributed by atoms with Gasteiger partial charge in [-0.15, -0.1) is 6.58 Å². The summed E-state index contributed by atoms with van der Waals surface area (Å²) in [5.41, 5.74) is 0.921. The highest BCUT2D eigenvalue weighted by Crippen LogP contribution is 2.37. The average Bonchev–Trinajstić information content (AvgIpc) is 2.90. The van der Waals surface area contributed by atoms with Gasteiger partial charge in [0.1, 0.15) is 0 Å². The van der Waals surface area contributed by atoms with E-state index in [1.807, 2.05) is 11.0 Å². The Morgan fingerprint density at radius 2 is 2.00 bits per heavy atom. The molecular formula is C17H23N3O. The predicted octanol–water partition coefficient (Wildman–Crippen LogP) is 2.34. The number of nitrogens with zero attached hydrogens (tertiary/aromatic N) is 3. The Morgan fingerprint density at radius 3 is 2.71 bits per heavy atom. The third-order valence-corrected chi connectivity index (χ3v) is 4.86. The number of carbonyl (C=O) groups is 1. The van der Waals surface area contributed by atoms with E-state index in [0.717, 1.165) is 38.2 Å². The predicted molar refractivity (Wildman–Crippen MR) is 83.1 cm³/mol. The van der Waals surface area contributed by atoms with Gasteiger partial charge in [-0.1, -0.05) is 6.08 Å². The van der Waals surface area contributed by atoms with E-state index in [9.17, 15) is 4.79 Å². The van der Waals surface area contributed by atoms with E-state index in [1.165, 1.54) is 19.3 Å². The molecule has 112 valence electrons. The summed E-state index contributed by atoms with van der Waals surface area (Å²) >= 11 is 0. The largest absolute Gasteiger partial charge is 0.337 e. The number of hydrogen-bond acceptors (Lipinski definition) is 3. The molecule has 3 rings (SSSR count). The van der Waals surface area contributed by atoms with E-state index < -0.39 is 0 Å². The summed E-state index contributed by atoms with van der Waals surface area (Å²) in [5.74, 6) is 0.141. The van der Waals surface area contributed by atoms with Crippen LogP contribution >= 0.6 is 0 Å². The summed E-state index contributed by atoms with van der Waals surface area (Å²) in [6.45, 7) is 7.65. The van der Waals surface area contributed by atoms with E-state index in [-0.39, 0.29) is 11.4 Å². The summed E-state index contributed by atoms with van der Waals surface area (Å²) in [7, 11) is 0. The molecular weight excluding hydrogens is 262 g/mol. The lowest BCUT2D eigenvalue weighted by molar-refractivity contribution is 0.0367. The van der Waals surface area contributed by atoms with Crippen molar-refractivity contribution in [2.45, 2.75) is 31.2 Å². The van der Waals surface area contributed by atoms with Crippen molar-refractivity contribution in [2.24, 2.45) is 0 Å². The molecule has 0 saturated carbocycles. The summed E-state index contributed by atoms with van der Waals surface area (Å²) in [5, 5.41) is 0. The fourth-order valence-electron chi connectivity index (χ4n) is 3.86. The minimum Gasteiger partial charge on any atom is -0.337 e. The molecule has 4 heteroatoms. The van der Waals surface area contributed by atoms with Crippen LogP contribution in [0.1, 0.15) is 36.0 Å². The summed E-state index contributed by atoms with van der Waals surface area (Å²) in [6.07, 6.45) is 10.1. The van der Waals surface area contributed by atoms with Gasteiger partial charge >= 0.3 is 0 Å². The second kappa shape index (κ2) is 5.98. The van der Waals surface area contributed by atoms with Gasteiger partial charge in [-0.25, -0.2) is 0 Å². The summed E-state index contributed by atoms with van der Waals surface area (Å²) in [6, 6.07) is 3.61. The zero-order valence-corrected chi connectivity index (χ0v) is 12.5. The Morgan fingerprint density at radius 1 is 1.29 bits per heavy atom. The SMILES string of the molecule is C=CCN1CCC[C@@]12CCCN(C(=O)c1ccncc1)C2. The zero-order valence-electron chi connectivity index (χ0n) is 12.5. The van der Waals surface area contributed by atoms with Crippen LogP contribution < -0.4 is 0 Å². The van der Waals surface area contributed by atoms with Crippen LogP contribution in [0.2, 0.25) is 0 Å². The van der Waals surface area contributed by atoms with Crippen molar-refractivity contribution >= 4 is 5.91 Å². The molecule has 2 fully saturated rings. The number of aromatic nitrogens is 1. The molecule has 21 heavy (non-hydrogen) atoms. The molecule has 0 aliphatic carbocycles. The lowest BCUT2D eigenvalue weighted by Crippen LogP contribution is -2.56. The van der Waals surface area contributed by atoms with Crippen molar-refractivity contribution in [1.82, 2.24) is 14.8 Å². The molecule has 2 saturated heterocycles. The fourth-order valence-corrected chi connectivity index (χ4v) is 3.86. The Labute approximate surface area is 126 Å². The van der Waals surface area contributed by atoms with Crippen LogP contribution in [0.15, 0.2) is 37.2 Å². The first-order valence-corrected chi connectivity index (χ1v) is 7.80. The highest BCUT2D eigenvalue weighted by atomic mass is 16.2. The van der Waals surface area contributed by atoms with E-state index in [1.54, 1.807) is 24.5 Å². The van der Waals surface area contributed by atoms with Gasteiger partial charge in [-0.2, -0.15) is 0 Å². The van der Waals surface area contributed by atoms with Gasteiger partial charge in [0.2, 0.25) is 0 Å². The highest BCUT2D eigenvalue weighted by Gasteiger charge is 2.44. The zero-order chi connectivity index (χ0) is 14.7. The smallest absolute Gasteiger partial charge is 0.254 e. The lowest BCUT2D eigenvalue weighted by Gasteiger charge is -2.45. The van der Waals surface area contributed by atoms with Crippen LogP contribution in [-0.2, 0) is 0 Å². The summed E-state index contributed by atoms with van der Waals surface area (Å²) in [4.78, 5) is 21.2. The van der Waals surface area contributed by atoms with Crippen LogP contribution in [0.4, 0.5) is 0 Å². The molecule has 1 atom stereocenters. The molecule has 0 radical (unpaired) electrons. The van der Waals surface area contributed by atoms with Gasteiger partial charge in [0, 0.05) is 43.1 Å². The van der Waals surface area contributed by atoms with E-state index >= 15 is 0 Å². The van der Waals surface area contributed by atoms with Crippen molar-refractivity contribution < 1.29 is 4.79 Å². The number of carbonyl (C=O) groups excluding carboxylic acids is 1. The second-order valence-electron chi connectivity index (χ2n) is 6.13. The third-order valence-electron chi connectivity index (χ3n) is 4.86. The molecule has 0 aromatic carbocycles. The maximum absolute atomic E-state index is 12.7. The van der Waals surface area contributed by atoms with Gasteiger partial charge in [-0.05, 0) is 44.4 Å². The van der Waals surface area contributed by atoms with Crippen LogP contribution in [0.5, 0.6) is 0 Å². The molecule has 0 bridgehead atoms. The molecule has 0 N–H and O–H groups in total. The molecule has 1 amide bonds. The second-order valence-corrected chi connectivity index (χ2v) is 6.13. The monoisotopic (exact) mass is 285 g/mol. The first kappa shape index (κ1) is 14.3. The molecule has 4 nitrogen and oxygen atoms in total. The lowest BCUT2D eigenvalue weighted by atomic mass is 9.86. The van der Waals surface area contributed by atoms with Crippen LogP contribution in [0, 0.1) is 0 Å². The molecule has 1 spiro atoms. The van der Waals surface area contributed by atoms with Gasteiger partial charge in [0.05, 0.1) is 0 Å². The van der Waals surface area contributed by atoms with Gasteiger partial charge < -0.3 is 4.90 Å². The van der Waals surface area contributed by atoms with E-state index in [4.69, 9.17) is 0 Å². The van der Waals surface area contributed by atoms with Crippen molar-refractivity contribution in [1.29, 1.82) is 0 Å². The quantitative estimate of drug-likeness (QED) is 0.800. The average molecular weight is 285 g/mol. The minimum absolute atomic E-state index is 0.141. The van der Waals surface area contributed by atoms with Gasteiger partial charge in [0.15, 0.2) is 0 Å². The maximum atomic E-state index is 12.7. The standard InChI is InChI=1S/C17H23N3O/c1-2-11-20-13-4-8-17(20)7-3-12-19(14-17)16(21)15-5-9-18-10-6-15/h2,5-6,9-10H,1,3-4,7-8,11-14H2/t17-/m1/s1. The van der Waals surface area contributed by atoms with E-state index in [2.05, 4.69) is 16.5 Å². The van der Waals surface area contributed by atoms with Gasteiger partial charge in [-0.3, -0.25) is 14.7 Å². The van der Waals surface area contributed by atoms with Crippen LogP contribution in [-0.4, -0.2) is 52.4 Å². The maximum Gasteiger partial charge on any atom is 0.254 e. The Bertz CT molecular complexity index is 516. The molecule has 1 aromatic rings. The Balaban J connectivity index is 1.76. The number of amides is 1. The minimum atomic E-state index is 0.141. The topological polar surface area (TPSA) is 36.4 Å². The fraction of sp³-hybridized carbons (Fsp3) is 0.529. The molecule has 1 aromatic heterocycles. The Hall–Kier alpha value is -1.68. The van der Waals surface area contributed by atoms with Crippen molar-refractivity contribution in [3.63, 3.8) is 0 Å². The molecule has 3 heterocycles. The van der Waals surface area contributed by atoms with Gasteiger partial charge in [0.25, 0.3) is 5.91 Å². The molecule has 0 unspecified atom stereocenters.